The molecule has 0 aliphatic carbocycles. The highest BCUT2D eigenvalue weighted by Gasteiger charge is 2.22. The van der Waals surface area contributed by atoms with Gasteiger partial charge in [-0.2, -0.15) is 0 Å². The molecule has 0 saturated carbocycles. The Morgan fingerprint density at radius 3 is 2.38 bits per heavy atom. The van der Waals surface area contributed by atoms with E-state index in [2.05, 4.69) is 5.32 Å². The van der Waals surface area contributed by atoms with Crippen molar-refractivity contribution in [3.8, 4) is 0 Å². The second-order valence-corrected chi connectivity index (χ2v) is 10.7. The molecule has 0 radical (unpaired) electrons. The predicted molar refractivity (Wildman–Crippen MR) is 128 cm³/mol. The molecule has 4 aromatic rings. The quantitative estimate of drug-likeness (QED) is 0.338. The standard InChI is InChI=1S/C22H15Cl2FN2O3S2/c1-27(32(29,30)17-6-2-14(25)3-7-17)16-5-9-20-13(10-16)11-21(31-20)22(28)26-15-4-8-18(23)19(24)12-15/h2-12H,1H3,(H,26,28). The molecule has 0 bridgehead atoms. The van der Waals surface area contributed by atoms with Crippen LogP contribution in [0.15, 0.2) is 71.6 Å². The lowest BCUT2D eigenvalue weighted by Crippen LogP contribution is -2.26. The lowest BCUT2D eigenvalue weighted by molar-refractivity contribution is 0.103. The summed E-state index contributed by atoms with van der Waals surface area (Å²) in [7, 11) is -2.45. The highest BCUT2D eigenvalue weighted by Crippen LogP contribution is 2.32. The summed E-state index contributed by atoms with van der Waals surface area (Å²) in [5, 5.41) is 4.20. The van der Waals surface area contributed by atoms with Gasteiger partial charge in [-0.25, -0.2) is 12.8 Å². The van der Waals surface area contributed by atoms with Crippen LogP contribution < -0.4 is 9.62 Å². The number of hydrogen-bond acceptors (Lipinski definition) is 4. The van der Waals surface area contributed by atoms with E-state index in [0.717, 1.165) is 21.1 Å². The van der Waals surface area contributed by atoms with Crippen LogP contribution in [0.25, 0.3) is 10.1 Å². The van der Waals surface area contributed by atoms with Crippen LogP contribution in [0.1, 0.15) is 9.67 Å². The van der Waals surface area contributed by atoms with E-state index in [1.54, 1.807) is 42.5 Å². The molecule has 0 spiro atoms. The van der Waals surface area contributed by atoms with Gasteiger partial charge in [0.2, 0.25) is 0 Å². The van der Waals surface area contributed by atoms with Crippen LogP contribution in [0.3, 0.4) is 0 Å². The molecule has 0 aliphatic heterocycles. The predicted octanol–water partition coefficient (Wildman–Crippen LogP) is 6.42. The Hall–Kier alpha value is -2.65. The average molecular weight is 509 g/mol. The van der Waals surface area contributed by atoms with Gasteiger partial charge in [-0.1, -0.05) is 23.2 Å². The van der Waals surface area contributed by atoms with Gasteiger partial charge in [-0.15, -0.1) is 11.3 Å². The van der Waals surface area contributed by atoms with Crippen molar-refractivity contribution in [1.82, 2.24) is 0 Å². The van der Waals surface area contributed by atoms with Crippen LogP contribution in [-0.4, -0.2) is 21.4 Å². The number of anilines is 2. The van der Waals surface area contributed by atoms with E-state index in [4.69, 9.17) is 23.2 Å². The smallest absolute Gasteiger partial charge is 0.265 e. The number of thiophene rings is 1. The molecule has 5 nitrogen and oxygen atoms in total. The molecule has 1 aromatic heterocycles. The molecular formula is C22H15Cl2FN2O3S2. The topological polar surface area (TPSA) is 66.5 Å². The SMILES string of the molecule is CN(c1ccc2sc(C(=O)Nc3ccc(Cl)c(Cl)c3)cc2c1)S(=O)(=O)c1ccc(F)cc1. The monoisotopic (exact) mass is 508 g/mol. The molecule has 1 heterocycles. The van der Waals surface area contributed by atoms with Gasteiger partial charge in [0.15, 0.2) is 0 Å². The van der Waals surface area contributed by atoms with Crippen molar-refractivity contribution in [3.05, 3.63) is 87.5 Å². The second-order valence-electron chi connectivity index (χ2n) is 6.84. The molecule has 0 aliphatic rings. The first kappa shape index (κ1) is 22.5. The summed E-state index contributed by atoms with van der Waals surface area (Å²) in [4.78, 5) is 13.1. The summed E-state index contributed by atoms with van der Waals surface area (Å²) in [5.41, 5.74) is 0.920. The van der Waals surface area contributed by atoms with Crippen LogP contribution in [0.5, 0.6) is 0 Å². The lowest BCUT2D eigenvalue weighted by atomic mass is 10.2. The number of amides is 1. The zero-order valence-corrected chi connectivity index (χ0v) is 19.6. The Morgan fingerprint density at radius 1 is 0.969 bits per heavy atom. The summed E-state index contributed by atoms with van der Waals surface area (Å²) < 4.78 is 40.8. The number of sulfonamides is 1. The van der Waals surface area contributed by atoms with E-state index < -0.39 is 15.8 Å². The molecular weight excluding hydrogens is 494 g/mol. The molecule has 10 heteroatoms. The van der Waals surface area contributed by atoms with Crippen molar-refractivity contribution >= 4 is 71.9 Å². The third-order valence-electron chi connectivity index (χ3n) is 4.74. The molecule has 1 N–H and O–H groups in total. The minimum Gasteiger partial charge on any atom is -0.321 e. The van der Waals surface area contributed by atoms with Crippen molar-refractivity contribution < 1.29 is 17.6 Å². The summed E-state index contributed by atoms with van der Waals surface area (Å²) in [6.07, 6.45) is 0. The summed E-state index contributed by atoms with van der Waals surface area (Å²) >= 11 is 13.2. The number of hydrogen-bond donors (Lipinski definition) is 1. The van der Waals surface area contributed by atoms with E-state index in [-0.39, 0.29) is 10.8 Å². The maximum absolute atomic E-state index is 13.2. The number of benzene rings is 3. The Labute approximate surface area is 198 Å². The maximum Gasteiger partial charge on any atom is 0.265 e. The highest BCUT2D eigenvalue weighted by molar-refractivity contribution is 7.92. The van der Waals surface area contributed by atoms with Gasteiger partial charge in [-0.05, 0) is 72.1 Å². The molecule has 0 fully saturated rings. The van der Waals surface area contributed by atoms with Gasteiger partial charge in [0, 0.05) is 17.4 Å². The fourth-order valence-corrected chi connectivity index (χ4v) is 5.43. The minimum absolute atomic E-state index is 0.0199. The van der Waals surface area contributed by atoms with E-state index in [0.29, 0.717) is 31.7 Å². The number of fused-ring (bicyclic) bond motifs is 1. The van der Waals surface area contributed by atoms with E-state index in [9.17, 15) is 17.6 Å². The van der Waals surface area contributed by atoms with Crippen LogP contribution in [0.4, 0.5) is 15.8 Å². The Bertz CT molecular complexity index is 1440. The largest absolute Gasteiger partial charge is 0.321 e. The van der Waals surface area contributed by atoms with E-state index in [1.165, 1.54) is 30.5 Å². The second kappa shape index (κ2) is 8.71. The van der Waals surface area contributed by atoms with Gasteiger partial charge < -0.3 is 5.32 Å². The molecule has 32 heavy (non-hydrogen) atoms. The molecule has 1 amide bonds. The summed E-state index contributed by atoms with van der Waals surface area (Å²) in [5.74, 6) is -0.837. The zero-order valence-electron chi connectivity index (χ0n) is 16.5. The van der Waals surface area contributed by atoms with Crippen molar-refractivity contribution in [2.24, 2.45) is 0 Å². The fourth-order valence-electron chi connectivity index (χ4n) is 3.01. The Kier molecular flexibility index (Phi) is 6.13. The van der Waals surface area contributed by atoms with Crippen molar-refractivity contribution in [3.63, 3.8) is 0 Å². The Balaban J connectivity index is 1.60. The van der Waals surface area contributed by atoms with Crippen LogP contribution in [0, 0.1) is 5.82 Å². The van der Waals surface area contributed by atoms with Gasteiger partial charge in [-0.3, -0.25) is 9.10 Å². The third kappa shape index (κ3) is 4.45. The summed E-state index contributed by atoms with van der Waals surface area (Å²) in [6.45, 7) is 0. The maximum atomic E-state index is 13.2. The van der Waals surface area contributed by atoms with Gasteiger partial charge >= 0.3 is 0 Å². The van der Waals surface area contributed by atoms with E-state index in [1.807, 2.05) is 0 Å². The van der Waals surface area contributed by atoms with Crippen LogP contribution >= 0.6 is 34.5 Å². The van der Waals surface area contributed by atoms with E-state index >= 15 is 0 Å². The number of rotatable bonds is 5. The van der Waals surface area contributed by atoms with Gasteiger partial charge in [0.1, 0.15) is 5.82 Å². The van der Waals surface area contributed by atoms with Crippen LogP contribution in [-0.2, 0) is 10.0 Å². The normalized spacial score (nSPS) is 11.5. The number of nitrogens with one attached hydrogen (secondary N) is 1. The van der Waals surface area contributed by atoms with Crippen LogP contribution in [0.2, 0.25) is 10.0 Å². The van der Waals surface area contributed by atoms with Crippen molar-refractivity contribution in [1.29, 1.82) is 0 Å². The van der Waals surface area contributed by atoms with Crippen molar-refractivity contribution in [2.75, 3.05) is 16.7 Å². The first-order valence-electron chi connectivity index (χ1n) is 9.19. The molecule has 0 saturated heterocycles. The molecule has 0 unspecified atom stereocenters. The number of halogens is 3. The first-order valence-corrected chi connectivity index (χ1v) is 12.2. The first-order chi connectivity index (χ1) is 15.1. The molecule has 4 rings (SSSR count). The zero-order chi connectivity index (χ0) is 23.0. The average Bonchev–Trinajstić information content (AvgIpc) is 3.19. The number of carbonyl (C=O) groups excluding carboxylic acids is 1. The van der Waals surface area contributed by atoms with Gasteiger partial charge in [0.25, 0.3) is 15.9 Å². The fraction of sp³-hybridized carbons (Fsp3) is 0.0455. The number of carbonyl (C=O) groups is 1. The van der Waals surface area contributed by atoms with Gasteiger partial charge in [0.05, 0.1) is 25.5 Å². The Morgan fingerprint density at radius 2 is 1.69 bits per heavy atom. The lowest BCUT2D eigenvalue weighted by Gasteiger charge is -2.19. The third-order valence-corrected chi connectivity index (χ3v) is 8.39. The summed E-state index contributed by atoms with van der Waals surface area (Å²) in [6, 6.07) is 16.2. The molecule has 164 valence electrons. The molecule has 0 atom stereocenters. The minimum atomic E-state index is -3.87. The van der Waals surface area contributed by atoms with Crippen molar-refractivity contribution in [2.45, 2.75) is 4.90 Å². The highest BCUT2D eigenvalue weighted by atomic mass is 35.5. The molecule has 3 aromatic carbocycles. The number of nitrogens with zero attached hydrogens (tertiary/aromatic N) is 1.